The number of hydrogen-bond donors (Lipinski definition) is 1. The third kappa shape index (κ3) is 1.37. The van der Waals surface area contributed by atoms with E-state index in [4.69, 9.17) is 0 Å². The maximum absolute atomic E-state index is 12.6. The Morgan fingerprint density at radius 1 is 1.43 bits per heavy atom. The third-order valence-corrected chi connectivity index (χ3v) is 4.08. The van der Waals surface area contributed by atoms with Crippen LogP contribution in [0.2, 0.25) is 0 Å². The van der Waals surface area contributed by atoms with Crippen LogP contribution in [0, 0.1) is 0 Å². The van der Waals surface area contributed by atoms with E-state index in [1.54, 1.807) is 12.1 Å². The number of nitrogens with one attached hydrogen (secondary N) is 1. The van der Waals surface area contributed by atoms with Crippen LogP contribution in [0.4, 0.5) is 10.1 Å². The van der Waals surface area contributed by atoms with Crippen molar-refractivity contribution >= 4 is 15.5 Å². The molecule has 0 saturated carbocycles. The number of rotatable bonds is 1. The van der Waals surface area contributed by atoms with Gasteiger partial charge in [-0.05, 0) is 6.07 Å². The second-order valence-corrected chi connectivity index (χ2v) is 5.22. The number of alkyl halides is 1. The van der Waals surface area contributed by atoms with Gasteiger partial charge in [-0.25, -0.2) is 12.8 Å². The largest absolute Gasteiger partial charge is 0.383 e. The average Bonchev–Trinajstić information content (AvgIpc) is 2.16. The maximum atomic E-state index is 12.6. The lowest BCUT2D eigenvalue weighted by atomic mass is 10.2. The van der Waals surface area contributed by atoms with Crippen LogP contribution in [0.5, 0.6) is 0 Å². The van der Waals surface area contributed by atoms with Crippen molar-refractivity contribution in [2.24, 2.45) is 0 Å². The summed E-state index contributed by atoms with van der Waals surface area (Å²) < 4.78 is 35.9. The van der Waals surface area contributed by atoms with E-state index in [0.717, 1.165) is 0 Å². The van der Waals surface area contributed by atoms with Gasteiger partial charge in [-0.15, -0.1) is 0 Å². The Hall–Kier alpha value is -1.10. The Morgan fingerprint density at radius 3 is 2.93 bits per heavy atom. The molecule has 0 aliphatic carbocycles. The first-order valence-electron chi connectivity index (χ1n) is 4.29. The Balaban J connectivity index is 2.71. The van der Waals surface area contributed by atoms with Gasteiger partial charge in [0, 0.05) is 12.1 Å². The van der Waals surface area contributed by atoms with Crippen LogP contribution in [-0.4, -0.2) is 20.7 Å². The van der Waals surface area contributed by atoms with E-state index in [1.165, 1.54) is 6.07 Å². The minimum absolute atomic E-state index is 0.0387. The second-order valence-electron chi connectivity index (χ2n) is 3.17. The summed E-state index contributed by atoms with van der Waals surface area (Å²) in [6.07, 6.45) is 0. The van der Waals surface area contributed by atoms with Crippen molar-refractivity contribution in [1.29, 1.82) is 0 Å². The number of fused-ring (bicyclic) bond motifs is 1. The highest BCUT2D eigenvalue weighted by atomic mass is 32.2. The van der Waals surface area contributed by atoms with Crippen molar-refractivity contribution in [2.75, 3.05) is 17.6 Å². The highest BCUT2D eigenvalue weighted by Crippen LogP contribution is 2.29. The monoisotopic (exact) mass is 215 g/mol. The zero-order valence-electron chi connectivity index (χ0n) is 7.46. The molecule has 0 fully saturated rings. The van der Waals surface area contributed by atoms with Gasteiger partial charge in [-0.1, -0.05) is 12.1 Å². The maximum Gasteiger partial charge on any atom is 0.182 e. The first-order chi connectivity index (χ1) is 6.65. The van der Waals surface area contributed by atoms with Crippen LogP contribution in [0.1, 0.15) is 5.56 Å². The summed E-state index contributed by atoms with van der Waals surface area (Å²) in [6.45, 7) is -0.352. The van der Waals surface area contributed by atoms with Crippen LogP contribution in [-0.2, 0) is 16.5 Å². The van der Waals surface area contributed by atoms with E-state index < -0.39 is 16.5 Å². The van der Waals surface area contributed by atoms with E-state index in [9.17, 15) is 12.8 Å². The van der Waals surface area contributed by atoms with Crippen LogP contribution in [0.3, 0.4) is 0 Å². The number of sulfone groups is 1. The lowest BCUT2D eigenvalue weighted by molar-refractivity contribution is 0.478. The molecule has 0 amide bonds. The van der Waals surface area contributed by atoms with Gasteiger partial charge in [0.2, 0.25) is 0 Å². The van der Waals surface area contributed by atoms with E-state index in [0.29, 0.717) is 12.2 Å². The highest BCUT2D eigenvalue weighted by Gasteiger charge is 2.25. The lowest BCUT2D eigenvalue weighted by Gasteiger charge is -2.19. The molecule has 0 unspecified atom stereocenters. The second kappa shape index (κ2) is 3.24. The van der Waals surface area contributed by atoms with Gasteiger partial charge in [-0.3, -0.25) is 0 Å². The molecule has 2 rings (SSSR count). The third-order valence-electron chi connectivity index (χ3n) is 2.24. The van der Waals surface area contributed by atoms with Gasteiger partial charge in [0.05, 0.1) is 16.3 Å². The number of halogens is 1. The van der Waals surface area contributed by atoms with Gasteiger partial charge >= 0.3 is 0 Å². The van der Waals surface area contributed by atoms with Crippen LogP contribution >= 0.6 is 0 Å². The fourth-order valence-corrected chi connectivity index (χ4v) is 3.19. The molecule has 1 heterocycles. The van der Waals surface area contributed by atoms with E-state index >= 15 is 0 Å². The molecule has 0 saturated heterocycles. The first-order valence-corrected chi connectivity index (χ1v) is 5.95. The predicted octanol–water partition coefficient (Wildman–Crippen LogP) is 1.36. The standard InChI is InChI=1S/C9H10FNO2S/c10-6-7-2-1-3-8-9(7)14(12,13)5-4-11-8/h1-3,11H,4-6H2. The van der Waals surface area contributed by atoms with E-state index in [1.807, 2.05) is 0 Å². The van der Waals surface area contributed by atoms with Crippen molar-refractivity contribution in [3.63, 3.8) is 0 Å². The average molecular weight is 215 g/mol. The molecule has 3 nitrogen and oxygen atoms in total. The summed E-state index contributed by atoms with van der Waals surface area (Å²) in [7, 11) is -3.29. The van der Waals surface area contributed by atoms with Gasteiger partial charge in [-0.2, -0.15) is 0 Å². The molecule has 0 atom stereocenters. The zero-order valence-corrected chi connectivity index (χ0v) is 8.27. The van der Waals surface area contributed by atoms with E-state index in [-0.39, 0.29) is 16.2 Å². The van der Waals surface area contributed by atoms with Crippen molar-refractivity contribution in [1.82, 2.24) is 0 Å². The summed E-state index contributed by atoms with van der Waals surface area (Å²) >= 11 is 0. The summed E-state index contributed by atoms with van der Waals surface area (Å²) in [4.78, 5) is 0.133. The molecule has 0 bridgehead atoms. The summed E-state index contributed by atoms with van der Waals surface area (Å²) in [5.74, 6) is 0.0387. The Kier molecular flexibility index (Phi) is 2.19. The highest BCUT2D eigenvalue weighted by molar-refractivity contribution is 7.91. The van der Waals surface area contributed by atoms with Crippen LogP contribution in [0.15, 0.2) is 23.1 Å². The Morgan fingerprint density at radius 2 is 2.21 bits per heavy atom. The fourth-order valence-electron chi connectivity index (χ4n) is 1.62. The van der Waals surface area contributed by atoms with Gasteiger partial charge < -0.3 is 5.32 Å². The normalized spacial score (nSPS) is 18.4. The predicted molar refractivity (Wildman–Crippen MR) is 51.8 cm³/mol. The number of hydrogen-bond acceptors (Lipinski definition) is 3. The minimum Gasteiger partial charge on any atom is -0.383 e. The molecule has 0 radical (unpaired) electrons. The lowest BCUT2D eigenvalue weighted by Crippen LogP contribution is -2.24. The van der Waals surface area contributed by atoms with Crippen molar-refractivity contribution in [2.45, 2.75) is 11.6 Å². The minimum atomic E-state index is -3.29. The van der Waals surface area contributed by atoms with Gasteiger partial charge in [0.15, 0.2) is 9.84 Å². The molecule has 1 N–H and O–H groups in total. The molecule has 1 aliphatic rings. The molecular formula is C9H10FNO2S. The molecule has 76 valence electrons. The van der Waals surface area contributed by atoms with Gasteiger partial charge in [0.1, 0.15) is 6.67 Å². The van der Waals surface area contributed by atoms with E-state index in [2.05, 4.69) is 5.32 Å². The van der Waals surface area contributed by atoms with Crippen LogP contribution in [0.25, 0.3) is 0 Å². The molecule has 5 heteroatoms. The van der Waals surface area contributed by atoms with Crippen molar-refractivity contribution < 1.29 is 12.8 Å². The molecule has 1 aliphatic heterocycles. The smallest absolute Gasteiger partial charge is 0.182 e. The van der Waals surface area contributed by atoms with Gasteiger partial charge in [0.25, 0.3) is 0 Å². The summed E-state index contributed by atoms with van der Waals surface area (Å²) in [5.41, 5.74) is 0.765. The first kappa shape index (κ1) is 9.45. The molecule has 0 spiro atoms. The topological polar surface area (TPSA) is 46.2 Å². The fraction of sp³-hybridized carbons (Fsp3) is 0.333. The summed E-state index contributed by atoms with van der Waals surface area (Å²) in [5, 5.41) is 2.95. The van der Waals surface area contributed by atoms with Crippen molar-refractivity contribution in [3.05, 3.63) is 23.8 Å². The Bertz CT molecular complexity index is 442. The summed E-state index contributed by atoms with van der Waals surface area (Å²) in [6, 6.07) is 4.82. The Labute approximate surface area is 81.9 Å². The number of benzene rings is 1. The van der Waals surface area contributed by atoms with Crippen molar-refractivity contribution in [3.8, 4) is 0 Å². The molecular weight excluding hydrogens is 205 g/mol. The number of anilines is 1. The molecule has 0 aromatic heterocycles. The molecule has 1 aromatic carbocycles. The molecule has 14 heavy (non-hydrogen) atoms. The molecule has 1 aromatic rings. The quantitative estimate of drug-likeness (QED) is 0.769. The zero-order chi connectivity index (χ0) is 10.2. The van der Waals surface area contributed by atoms with Crippen LogP contribution < -0.4 is 5.32 Å². The SMILES string of the molecule is O=S1(=O)CCNc2cccc(CF)c21.